The van der Waals surface area contributed by atoms with Crippen LogP contribution in [-0.2, 0) is 24.8 Å². The topological polar surface area (TPSA) is 68.1 Å². The van der Waals surface area contributed by atoms with Crippen LogP contribution < -0.4 is 5.32 Å². The maximum absolute atomic E-state index is 5.40. The van der Waals surface area contributed by atoms with Crippen LogP contribution in [0.15, 0.2) is 42.9 Å². The van der Waals surface area contributed by atoms with Crippen LogP contribution in [0.3, 0.4) is 0 Å². The fourth-order valence-electron chi connectivity index (χ4n) is 3.89. The summed E-state index contributed by atoms with van der Waals surface area (Å²) >= 11 is 0. The highest BCUT2D eigenvalue weighted by Crippen LogP contribution is 2.27. The van der Waals surface area contributed by atoms with Gasteiger partial charge in [0.05, 0.1) is 36.8 Å². The van der Waals surface area contributed by atoms with Gasteiger partial charge in [0, 0.05) is 31.5 Å². The zero-order valence-corrected chi connectivity index (χ0v) is 16.0. The third-order valence-electron chi connectivity index (χ3n) is 5.52. The van der Waals surface area contributed by atoms with Crippen molar-refractivity contribution >= 4 is 11.6 Å². The van der Waals surface area contributed by atoms with Gasteiger partial charge in [-0.15, -0.1) is 0 Å². The van der Waals surface area contributed by atoms with E-state index < -0.39 is 0 Å². The van der Waals surface area contributed by atoms with Crippen LogP contribution in [0.4, 0.5) is 11.6 Å². The predicted molar refractivity (Wildman–Crippen MR) is 107 cm³/mol. The smallest absolute Gasteiger partial charge is 0.227 e. The van der Waals surface area contributed by atoms with Gasteiger partial charge in [-0.25, -0.2) is 9.97 Å². The first-order chi connectivity index (χ1) is 13.7. The average molecular weight is 376 g/mol. The van der Waals surface area contributed by atoms with Gasteiger partial charge >= 0.3 is 0 Å². The van der Waals surface area contributed by atoms with Gasteiger partial charge in [0.15, 0.2) is 0 Å². The van der Waals surface area contributed by atoms with Crippen molar-refractivity contribution in [1.29, 1.82) is 0 Å². The molecule has 0 radical (unpaired) electrons. The Labute approximate surface area is 164 Å². The van der Waals surface area contributed by atoms with Crippen LogP contribution in [0.1, 0.15) is 17.5 Å². The van der Waals surface area contributed by atoms with Crippen molar-refractivity contribution < 1.29 is 4.74 Å². The monoisotopic (exact) mass is 376 g/mol. The molecule has 0 unspecified atom stereocenters. The predicted octanol–water partition coefficient (Wildman–Crippen LogP) is 2.77. The normalized spacial score (nSPS) is 17.6. The van der Waals surface area contributed by atoms with Crippen molar-refractivity contribution in [2.45, 2.75) is 25.4 Å². The summed E-state index contributed by atoms with van der Waals surface area (Å²) in [6.45, 7) is 3.86. The Morgan fingerprint density at radius 3 is 2.89 bits per heavy atom. The summed E-state index contributed by atoms with van der Waals surface area (Å²) < 4.78 is 7.15. The van der Waals surface area contributed by atoms with Crippen LogP contribution in [0.2, 0.25) is 0 Å². The lowest BCUT2D eigenvalue weighted by Crippen LogP contribution is -2.48. The molecule has 7 nitrogen and oxygen atoms in total. The number of nitrogens with zero attached hydrogens (tertiary/aromatic N) is 5. The maximum atomic E-state index is 5.40. The van der Waals surface area contributed by atoms with Crippen LogP contribution in [0.25, 0.3) is 11.3 Å². The minimum absolute atomic E-state index is 0.573. The number of anilines is 2. The quantitative estimate of drug-likeness (QED) is 0.755. The summed E-state index contributed by atoms with van der Waals surface area (Å²) in [7, 11) is 1.89. The Hall–Kier alpha value is -2.77. The number of aromatic nitrogens is 4. The molecule has 1 saturated heterocycles. The Morgan fingerprint density at radius 2 is 2.11 bits per heavy atom. The van der Waals surface area contributed by atoms with Crippen LogP contribution in [-0.4, -0.2) is 50.4 Å². The summed E-state index contributed by atoms with van der Waals surface area (Å²) in [4.78, 5) is 11.6. The van der Waals surface area contributed by atoms with Gasteiger partial charge in [-0.2, -0.15) is 5.10 Å². The van der Waals surface area contributed by atoms with Crippen molar-refractivity contribution in [2.24, 2.45) is 7.05 Å². The number of fused-ring (bicyclic) bond motifs is 1. The Balaban J connectivity index is 1.40. The molecule has 28 heavy (non-hydrogen) atoms. The first-order valence-electron chi connectivity index (χ1n) is 9.77. The van der Waals surface area contributed by atoms with Crippen LogP contribution in [0, 0.1) is 0 Å². The highest BCUT2D eigenvalue weighted by Gasteiger charge is 2.27. The first-order valence-corrected chi connectivity index (χ1v) is 9.77. The zero-order valence-electron chi connectivity index (χ0n) is 16.0. The van der Waals surface area contributed by atoms with Crippen molar-refractivity contribution in [1.82, 2.24) is 24.6 Å². The zero-order chi connectivity index (χ0) is 18.9. The molecule has 5 rings (SSSR count). The molecule has 1 N–H and O–H groups in total. The second-order valence-corrected chi connectivity index (χ2v) is 7.54. The number of ether oxygens (including phenoxy) is 1. The number of hydrogen-bond acceptors (Lipinski definition) is 6. The average Bonchev–Trinajstić information content (AvgIpc) is 2.95. The van der Waals surface area contributed by atoms with E-state index in [9.17, 15) is 0 Å². The van der Waals surface area contributed by atoms with Gasteiger partial charge in [-0.1, -0.05) is 12.1 Å². The standard InChI is InChI=1S/C21H24N6O/c1-26-12-18(10-23-26)24-21-22-7-6-20(25-21)16-5-4-15-3-2-8-27(11-17(15)9-16)19-13-28-14-19/h4-7,9-10,12,19H,2-3,8,11,13-14H2,1H3,(H,22,24,25). The first kappa shape index (κ1) is 17.3. The Morgan fingerprint density at radius 1 is 1.18 bits per heavy atom. The number of rotatable bonds is 4. The molecule has 0 aliphatic carbocycles. The lowest BCUT2D eigenvalue weighted by molar-refractivity contribution is -0.0674. The molecular formula is C21H24N6O. The molecule has 0 atom stereocenters. The van der Waals surface area contributed by atoms with E-state index in [1.165, 1.54) is 17.5 Å². The van der Waals surface area contributed by atoms with E-state index >= 15 is 0 Å². The molecule has 2 aromatic heterocycles. The second-order valence-electron chi connectivity index (χ2n) is 7.54. The molecule has 2 aliphatic rings. The summed E-state index contributed by atoms with van der Waals surface area (Å²) in [6.07, 6.45) is 7.80. The van der Waals surface area contributed by atoms with E-state index in [0.29, 0.717) is 12.0 Å². The Bertz CT molecular complexity index is 981. The van der Waals surface area contributed by atoms with Gasteiger partial charge in [0.1, 0.15) is 0 Å². The third-order valence-corrected chi connectivity index (χ3v) is 5.52. The SMILES string of the molecule is Cn1cc(Nc2nccc(-c3ccc4c(c3)CN(C3COC3)CCC4)n2)cn1. The van der Waals surface area contributed by atoms with E-state index in [1.807, 2.05) is 19.3 Å². The van der Waals surface area contributed by atoms with Crippen LogP contribution >= 0.6 is 0 Å². The van der Waals surface area contributed by atoms with Crippen molar-refractivity contribution in [2.75, 3.05) is 25.1 Å². The number of aryl methyl sites for hydroxylation is 2. The van der Waals surface area contributed by atoms with E-state index in [2.05, 4.69) is 38.5 Å². The van der Waals surface area contributed by atoms with Crippen molar-refractivity contribution in [3.05, 3.63) is 54.0 Å². The molecule has 1 fully saturated rings. The molecule has 7 heteroatoms. The number of nitrogens with one attached hydrogen (secondary N) is 1. The minimum Gasteiger partial charge on any atom is -0.378 e. The van der Waals surface area contributed by atoms with Gasteiger partial charge in [0.25, 0.3) is 0 Å². The van der Waals surface area contributed by atoms with Crippen molar-refractivity contribution in [3.63, 3.8) is 0 Å². The summed E-state index contributed by atoms with van der Waals surface area (Å²) in [6, 6.07) is 9.27. The molecule has 144 valence electrons. The maximum Gasteiger partial charge on any atom is 0.227 e. The van der Waals surface area contributed by atoms with Gasteiger partial charge in [0.2, 0.25) is 5.95 Å². The molecular weight excluding hydrogens is 352 g/mol. The van der Waals surface area contributed by atoms with E-state index in [-0.39, 0.29) is 0 Å². The second kappa shape index (κ2) is 7.33. The van der Waals surface area contributed by atoms with Gasteiger partial charge in [-0.05, 0) is 42.6 Å². The highest BCUT2D eigenvalue weighted by atomic mass is 16.5. The molecule has 1 aromatic carbocycles. The van der Waals surface area contributed by atoms with E-state index in [4.69, 9.17) is 9.72 Å². The van der Waals surface area contributed by atoms with Gasteiger partial charge < -0.3 is 10.1 Å². The summed E-state index contributed by atoms with van der Waals surface area (Å²) in [5.41, 5.74) is 5.78. The largest absolute Gasteiger partial charge is 0.378 e. The lowest BCUT2D eigenvalue weighted by Gasteiger charge is -2.36. The summed E-state index contributed by atoms with van der Waals surface area (Å²) in [5, 5.41) is 7.39. The molecule has 3 aromatic rings. The fourth-order valence-corrected chi connectivity index (χ4v) is 3.89. The molecule has 0 saturated carbocycles. The highest BCUT2D eigenvalue weighted by molar-refractivity contribution is 5.63. The van der Waals surface area contributed by atoms with Crippen molar-refractivity contribution in [3.8, 4) is 11.3 Å². The van der Waals surface area contributed by atoms with E-state index in [0.717, 1.165) is 49.7 Å². The molecule has 0 bridgehead atoms. The molecule has 0 amide bonds. The Kier molecular flexibility index (Phi) is 4.54. The van der Waals surface area contributed by atoms with E-state index in [1.54, 1.807) is 17.1 Å². The molecule has 4 heterocycles. The fraction of sp³-hybridized carbons (Fsp3) is 0.381. The summed E-state index contributed by atoms with van der Waals surface area (Å²) in [5.74, 6) is 0.577. The third kappa shape index (κ3) is 3.50. The minimum atomic E-state index is 0.573. The number of benzene rings is 1. The molecule has 0 spiro atoms. The van der Waals surface area contributed by atoms with Crippen LogP contribution in [0.5, 0.6) is 0 Å². The van der Waals surface area contributed by atoms with Gasteiger partial charge in [-0.3, -0.25) is 9.58 Å². The lowest BCUT2D eigenvalue weighted by atomic mass is 9.99. The number of hydrogen-bond donors (Lipinski definition) is 1. The molecule has 2 aliphatic heterocycles.